The molecule has 4 aromatic rings. The first kappa shape index (κ1) is 25.2. The highest BCUT2D eigenvalue weighted by Crippen LogP contribution is 2.30. The van der Waals surface area contributed by atoms with Crippen molar-refractivity contribution < 1.29 is 14.3 Å². The Morgan fingerprint density at radius 2 is 2.00 bits per heavy atom. The first-order valence-corrected chi connectivity index (χ1v) is 12.5. The molecule has 0 saturated carbocycles. The molecule has 38 heavy (non-hydrogen) atoms. The van der Waals surface area contributed by atoms with Crippen LogP contribution in [0.1, 0.15) is 6.42 Å². The number of anilines is 4. The van der Waals surface area contributed by atoms with E-state index < -0.39 is 0 Å². The average molecular weight is 514 g/mol. The molecule has 0 radical (unpaired) electrons. The van der Waals surface area contributed by atoms with Gasteiger partial charge in [0.25, 0.3) is 0 Å². The minimum absolute atomic E-state index is 0.294. The van der Waals surface area contributed by atoms with Gasteiger partial charge < -0.3 is 30.4 Å². The molecular weight excluding hydrogens is 482 g/mol. The molecule has 0 aliphatic carbocycles. The fraction of sp³-hybridized carbons (Fsp3) is 0.250. The van der Waals surface area contributed by atoms with Gasteiger partial charge in [0.1, 0.15) is 11.4 Å². The van der Waals surface area contributed by atoms with E-state index in [4.69, 9.17) is 9.47 Å². The molecule has 4 N–H and O–H groups in total. The van der Waals surface area contributed by atoms with Gasteiger partial charge in [-0.25, -0.2) is 0 Å². The largest absolute Gasteiger partial charge is 0.438 e. The van der Waals surface area contributed by atoms with Crippen LogP contribution >= 0.6 is 0 Å². The molecule has 5 rings (SSSR count). The van der Waals surface area contributed by atoms with Crippen LogP contribution in [0.3, 0.4) is 0 Å². The van der Waals surface area contributed by atoms with Crippen molar-refractivity contribution in [2.75, 3.05) is 49.3 Å². The monoisotopic (exact) mass is 513 g/mol. The summed E-state index contributed by atoms with van der Waals surface area (Å²) in [5, 5.41) is 10.4. The maximum atomic E-state index is 11.7. The number of carbonyl (C=O) groups excluding carboxylic acids is 1. The summed E-state index contributed by atoms with van der Waals surface area (Å²) in [6.45, 7) is 7.30. The number of likely N-dealkylation sites (tertiary alicyclic amines) is 1. The van der Waals surface area contributed by atoms with Crippen molar-refractivity contribution >= 4 is 40.0 Å². The first-order valence-electron chi connectivity index (χ1n) is 12.5. The van der Waals surface area contributed by atoms with Gasteiger partial charge in [-0.3, -0.25) is 9.69 Å². The number of aromatic nitrogens is 3. The third-order valence-corrected chi connectivity index (χ3v) is 6.28. The smallest absolute Gasteiger partial charge is 0.247 e. The van der Waals surface area contributed by atoms with Crippen molar-refractivity contribution in [1.82, 2.24) is 19.9 Å². The minimum atomic E-state index is -0.294. The Morgan fingerprint density at radius 3 is 2.82 bits per heavy atom. The van der Waals surface area contributed by atoms with Gasteiger partial charge in [-0.05, 0) is 55.0 Å². The number of hydrogen-bond acceptors (Lipinski definition) is 8. The number of methoxy groups -OCH3 is 1. The molecule has 1 amide bonds. The van der Waals surface area contributed by atoms with Crippen LogP contribution in [0.2, 0.25) is 0 Å². The van der Waals surface area contributed by atoms with Crippen molar-refractivity contribution in [2.45, 2.75) is 12.5 Å². The summed E-state index contributed by atoms with van der Waals surface area (Å²) in [4.78, 5) is 26.4. The molecule has 2 aromatic carbocycles. The number of ether oxygens (including phenoxy) is 2. The first-order chi connectivity index (χ1) is 18.6. The fourth-order valence-corrected chi connectivity index (χ4v) is 4.38. The van der Waals surface area contributed by atoms with Crippen LogP contribution in [0.15, 0.2) is 73.4 Å². The molecule has 0 spiro atoms. The van der Waals surface area contributed by atoms with Gasteiger partial charge in [0.05, 0.1) is 12.0 Å². The highest BCUT2D eigenvalue weighted by Gasteiger charge is 2.21. The van der Waals surface area contributed by atoms with Crippen LogP contribution in [0, 0.1) is 0 Å². The van der Waals surface area contributed by atoms with E-state index in [0.29, 0.717) is 35.0 Å². The third-order valence-electron chi connectivity index (χ3n) is 6.28. The minimum Gasteiger partial charge on any atom is -0.438 e. The van der Waals surface area contributed by atoms with Crippen LogP contribution < -0.4 is 20.7 Å². The lowest BCUT2D eigenvalue weighted by Gasteiger charge is -2.17. The molecule has 196 valence electrons. The van der Waals surface area contributed by atoms with Gasteiger partial charge in [-0.1, -0.05) is 12.6 Å². The van der Waals surface area contributed by atoms with Crippen molar-refractivity contribution in [1.29, 1.82) is 0 Å². The second kappa shape index (κ2) is 11.8. The Balaban J connectivity index is 1.26. The fourth-order valence-electron chi connectivity index (χ4n) is 4.38. The van der Waals surface area contributed by atoms with Crippen molar-refractivity contribution in [2.24, 2.45) is 0 Å². The van der Waals surface area contributed by atoms with E-state index >= 15 is 0 Å². The summed E-state index contributed by atoms with van der Waals surface area (Å²) in [5.74, 6) is 1.03. The SMILES string of the molecule is C=CC(=O)Nc1cccc(Oc2nc(Nc3ccc(NC4CCN(CCOC)C4)cc3)nc3[nH]ccc23)c1. The van der Waals surface area contributed by atoms with Crippen LogP contribution in [-0.4, -0.2) is 65.2 Å². The zero-order valence-electron chi connectivity index (χ0n) is 21.2. The van der Waals surface area contributed by atoms with E-state index in [1.165, 1.54) is 6.08 Å². The molecule has 1 saturated heterocycles. The number of rotatable bonds is 11. The van der Waals surface area contributed by atoms with Gasteiger partial charge in [0, 0.05) is 62.1 Å². The van der Waals surface area contributed by atoms with Crippen LogP contribution in [-0.2, 0) is 9.53 Å². The molecule has 1 unspecified atom stereocenters. The molecule has 1 aliphatic rings. The van der Waals surface area contributed by atoms with E-state index in [1.54, 1.807) is 37.6 Å². The van der Waals surface area contributed by atoms with E-state index in [1.807, 2.05) is 30.3 Å². The molecule has 1 atom stereocenters. The Hall–Kier alpha value is -4.41. The molecule has 1 fully saturated rings. The summed E-state index contributed by atoms with van der Waals surface area (Å²) in [7, 11) is 1.74. The number of fused-ring (bicyclic) bond motifs is 1. The van der Waals surface area contributed by atoms with E-state index in [2.05, 4.69) is 42.4 Å². The van der Waals surface area contributed by atoms with Crippen molar-refractivity contribution in [3.05, 3.63) is 73.4 Å². The molecule has 10 heteroatoms. The number of benzene rings is 2. The van der Waals surface area contributed by atoms with Gasteiger partial charge in [0.2, 0.25) is 17.7 Å². The number of H-pyrrole nitrogens is 1. The quantitative estimate of drug-likeness (QED) is 0.212. The predicted molar refractivity (Wildman–Crippen MR) is 149 cm³/mol. The summed E-state index contributed by atoms with van der Waals surface area (Å²) in [6, 6.07) is 17.5. The van der Waals surface area contributed by atoms with Crippen LogP contribution in [0.4, 0.5) is 23.0 Å². The topological polar surface area (TPSA) is 116 Å². The molecule has 1 aliphatic heterocycles. The van der Waals surface area contributed by atoms with Gasteiger partial charge in [0.15, 0.2) is 0 Å². The lowest BCUT2D eigenvalue weighted by Crippen LogP contribution is -2.28. The number of hydrogen-bond donors (Lipinski definition) is 4. The second-order valence-electron chi connectivity index (χ2n) is 9.04. The Kier molecular flexibility index (Phi) is 7.81. The molecular formula is C28H31N7O3. The van der Waals surface area contributed by atoms with E-state index in [-0.39, 0.29) is 5.91 Å². The van der Waals surface area contributed by atoms with E-state index in [0.717, 1.165) is 49.4 Å². The zero-order chi connectivity index (χ0) is 26.3. The number of nitrogens with one attached hydrogen (secondary N) is 4. The molecule has 2 aromatic heterocycles. The van der Waals surface area contributed by atoms with Gasteiger partial charge >= 0.3 is 0 Å². The normalized spacial score (nSPS) is 15.3. The standard InChI is InChI=1S/C28H31N7O3/c1-3-25(36)31-21-5-4-6-23(17-21)38-27-24-11-13-29-26(24)33-28(34-27)32-20-9-7-19(8-10-20)30-22-12-14-35(18-22)15-16-37-2/h3-11,13,17,22,30H,1,12,14-16,18H2,2H3,(H,31,36)(H2,29,32,33,34). The van der Waals surface area contributed by atoms with Crippen molar-refractivity contribution in [3.8, 4) is 11.6 Å². The highest BCUT2D eigenvalue weighted by molar-refractivity contribution is 5.99. The zero-order valence-corrected chi connectivity index (χ0v) is 21.2. The number of aromatic amines is 1. The maximum absolute atomic E-state index is 11.7. The molecule has 10 nitrogen and oxygen atoms in total. The number of nitrogens with zero attached hydrogens (tertiary/aromatic N) is 3. The van der Waals surface area contributed by atoms with Gasteiger partial charge in [-0.2, -0.15) is 9.97 Å². The Morgan fingerprint density at radius 1 is 1.16 bits per heavy atom. The lowest BCUT2D eigenvalue weighted by atomic mass is 10.2. The third kappa shape index (κ3) is 6.28. The summed E-state index contributed by atoms with van der Waals surface area (Å²) >= 11 is 0. The molecule has 0 bridgehead atoms. The summed E-state index contributed by atoms with van der Waals surface area (Å²) < 4.78 is 11.3. The van der Waals surface area contributed by atoms with Crippen LogP contribution in [0.5, 0.6) is 11.6 Å². The highest BCUT2D eigenvalue weighted by atomic mass is 16.5. The Labute approximate surface area is 221 Å². The molecule has 3 heterocycles. The number of carbonyl (C=O) groups is 1. The van der Waals surface area contributed by atoms with Crippen LogP contribution in [0.25, 0.3) is 11.0 Å². The van der Waals surface area contributed by atoms with E-state index in [9.17, 15) is 4.79 Å². The maximum Gasteiger partial charge on any atom is 0.247 e. The lowest BCUT2D eigenvalue weighted by molar-refractivity contribution is -0.111. The Bertz CT molecular complexity index is 1400. The second-order valence-corrected chi connectivity index (χ2v) is 9.04. The van der Waals surface area contributed by atoms with Gasteiger partial charge in [-0.15, -0.1) is 0 Å². The summed E-state index contributed by atoms with van der Waals surface area (Å²) in [5.41, 5.74) is 3.17. The summed E-state index contributed by atoms with van der Waals surface area (Å²) in [6.07, 6.45) is 4.12. The predicted octanol–water partition coefficient (Wildman–Crippen LogP) is 4.75. The average Bonchev–Trinajstić information content (AvgIpc) is 3.58. The van der Waals surface area contributed by atoms with Crippen molar-refractivity contribution in [3.63, 3.8) is 0 Å². The number of amides is 1.